The van der Waals surface area contributed by atoms with Crippen molar-refractivity contribution in [1.82, 2.24) is 0 Å². The van der Waals surface area contributed by atoms with Gasteiger partial charge in [-0.15, -0.1) is 11.3 Å². The summed E-state index contributed by atoms with van der Waals surface area (Å²) in [4.78, 5) is 13.8. The van der Waals surface area contributed by atoms with Gasteiger partial charge in [0.05, 0.1) is 11.7 Å². The lowest BCUT2D eigenvalue weighted by molar-refractivity contribution is 0.102. The van der Waals surface area contributed by atoms with E-state index in [1.807, 2.05) is 13.8 Å². The van der Waals surface area contributed by atoms with Crippen LogP contribution in [0.3, 0.4) is 0 Å². The molecule has 0 unspecified atom stereocenters. The van der Waals surface area contributed by atoms with Crippen molar-refractivity contribution >= 4 is 22.2 Å². The van der Waals surface area contributed by atoms with Crippen molar-refractivity contribution in [2.45, 2.75) is 46.1 Å². The molecule has 0 fully saturated rings. The zero-order chi connectivity index (χ0) is 18.0. The minimum atomic E-state index is -0.195. The van der Waals surface area contributed by atoms with Crippen molar-refractivity contribution in [3.8, 4) is 11.8 Å². The molecule has 3 rings (SSSR count). The van der Waals surface area contributed by atoms with E-state index >= 15 is 0 Å². The molecule has 5 heteroatoms. The van der Waals surface area contributed by atoms with E-state index in [0.29, 0.717) is 22.0 Å². The van der Waals surface area contributed by atoms with Crippen LogP contribution >= 0.6 is 11.3 Å². The van der Waals surface area contributed by atoms with E-state index in [0.717, 1.165) is 30.6 Å². The number of ether oxygens (including phenoxy) is 1. The van der Waals surface area contributed by atoms with E-state index in [-0.39, 0.29) is 12.0 Å². The van der Waals surface area contributed by atoms with E-state index < -0.39 is 0 Å². The highest BCUT2D eigenvalue weighted by Gasteiger charge is 2.24. The number of thiophene rings is 1. The molecule has 0 bridgehead atoms. The topological polar surface area (TPSA) is 62.1 Å². The number of fused-ring (bicyclic) bond motifs is 1. The third kappa shape index (κ3) is 3.85. The average molecular weight is 354 g/mol. The van der Waals surface area contributed by atoms with Crippen LogP contribution in [0.15, 0.2) is 24.3 Å². The maximum absolute atomic E-state index is 12.5. The Bertz CT molecular complexity index is 815. The summed E-state index contributed by atoms with van der Waals surface area (Å²) in [5.74, 6) is 1.18. The third-order valence-electron chi connectivity index (χ3n) is 4.34. The summed E-state index contributed by atoms with van der Waals surface area (Å²) in [6, 6.07) is 9.36. The Balaban J connectivity index is 1.78. The van der Waals surface area contributed by atoms with Gasteiger partial charge in [0.2, 0.25) is 0 Å². The standard InChI is InChI=1S/C20H22N2O2S/c1-12(2)24-15-7-5-14(6-8-15)19(23)22-20-17(11-21)16-9-4-13(3)10-18(16)25-20/h5-8,12-13H,4,9-10H2,1-3H3,(H,22,23)/t13-/m0/s1. The second-order valence-electron chi connectivity index (χ2n) is 6.81. The molecular weight excluding hydrogens is 332 g/mol. The number of benzene rings is 1. The summed E-state index contributed by atoms with van der Waals surface area (Å²) in [5.41, 5.74) is 2.32. The number of nitrogens with zero attached hydrogens (tertiary/aromatic N) is 1. The Morgan fingerprint density at radius 3 is 2.72 bits per heavy atom. The quantitative estimate of drug-likeness (QED) is 0.859. The molecule has 1 amide bonds. The Labute approximate surface area is 152 Å². The number of nitrogens with one attached hydrogen (secondary N) is 1. The monoisotopic (exact) mass is 354 g/mol. The van der Waals surface area contributed by atoms with E-state index in [1.165, 1.54) is 4.88 Å². The molecule has 25 heavy (non-hydrogen) atoms. The first-order valence-electron chi connectivity index (χ1n) is 8.60. The summed E-state index contributed by atoms with van der Waals surface area (Å²) in [6.07, 6.45) is 3.11. The van der Waals surface area contributed by atoms with Gasteiger partial charge in [0.1, 0.15) is 16.8 Å². The van der Waals surface area contributed by atoms with Crippen molar-refractivity contribution in [2.75, 3.05) is 5.32 Å². The van der Waals surface area contributed by atoms with Gasteiger partial charge >= 0.3 is 0 Å². The van der Waals surface area contributed by atoms with Crippen molar-refractivity contribution in [3.05, 3.63) is 45.8 Å². The molecule has 130 valence electrons. The summed E-state index contributed by atoms with van der Waals surface area (Å²) >= 11 is 1.55. The molecule has 2 aromatic rings. The fourth-order valence-corrected chi connectivity index (χ4v) is 4.45. The molecule has 0 saturated heterocycles. The van der Waals surface area contributed by atoms with Gasteiger partial charge in [-0.3, -0.25) is 4.79 Å². The lowest BCUT2D eigenvalue weighted by atomic mass is 9.88. The first-order valence-corrected chi connectivity index (χ1v) is 9.42. The van der Waals surface area contributed by atoms with Crippen LogP contribution in [0.25, 0.3) is 0 Å². The zero-order valence-electron chi connectivity index (χ0n) is 14.8. The molecule has 0 aliphatic heterocycles. The highest BCUT2D eigenvalue weighted by atomic mass is 32.1. The van der Waals surface area contributed by atoms with Gasteiger partial charge in [0.15, 0.2) is 0 Å². The molecule has 0 saturated carbocycles. The fourth-order valence-electron chi connectivity index (χ4n) is 3.09. The molecule has 4 nitrogen and oxygen atoms in total. The Morgan fingerprint density at radius 2 is 2.08 bits per heavy atom. The van der Waals surface area contributed by atoms with Gasteiger partial charge in [0, 0.05) is 10.4 Å². The number of anilines is 1. The minimum Gasteiger partial charge on any atom is -0.491 e. The zero-order valence-corrected chi connectivity index (χ0v) is 15.6. The van der Waals surface area contributed by atoms with E-state index in [4.69, 9.17) is 4.74 Å². The number of carbonyl (C=O) groups is 1. The van der Waals surface area contributed by atoms with Gasteiger partial charge in [-0.05, 0) is 68.9 Å². The maximum atomic E-state index is 12.5. The molecule has 0 radical (unpaired) electrons. The van der Waals surface area contributed by atoms with E-state index in [1.54, 1.807) is 35.6 Å². The van der Waals surface area contributed by atoms with Crippen molar-refractivity contribution in [3.63, 3.8) is 0 Å². The fraction of sp³-hybridized carbons (Fsp3) is 0.400. The van der Waals surface area contributed by atoms with Crippen LogP contribution in [-0.4, -0.2) is 12.0 Å². The molecule has 1 N–H and O–H groups in total. The number of nitriles is 1. The predicted molar refractivity (Wildman–Crippen MR) is 100 cm³/mol. The first-order chi connectivity index (χ1) is 12.0. The lowest BCUT2D eigenvalue weighted by Gasteiger charge is -2.17. The smallest absolute Gasteiger partial charge is 0.256 e. The maximum Gasteiger partial charge on any atom is 0.256 e. The van der Waals surface area contributed by atoms with Crippen LogP contribution in [0.2, 0.25) is 0 Å². The highest BCUT2D eigenvalue weighted by molar-refractivity contribution is 7.16. The van der Waals surface area contributed by atoms with Gasteiger partial charge < -0.3 is 10.1 Å². The van der Waals surface area contributed by atoms with Gasteiger partial charge in [-0.25, -0.2) is 0 Å². The molecule has 1 aromatic heterocycles. The SMILES string of the molecule is CC(C)Oc1ccc(C(=O)Nc2sc3c(c2C#N)CC[C@H](C)C3)cc1. The Hall–Kier alpha value is -2.32. The van der Waals surface area contributed by atoms with Crippen LogP contribution < -0.4 is 10.1 Å². The molecule has 0 spiro atoms. The van der Waals surface area contributed by atoms with Crippen LogP contribution in [0.1, 0.15) is 53.6 Å². The molecule has 1 aliphatic rings. The van der Waals surface area contributed by atoms with Crippen LogP contribution in [-0.2, 0) is 12.8 Å². The van der Waals surface area contributed by atoms with Crippen LogP contribution in [0, 0.1) is 17.2 Å². The Kier molecular flexibility index (Phi) is 5.10. The summed E-state index contributed by atoms with van der Waals surface area (Å²) < 4.78 is 5.60. The van der Waals surface area contributed by atoms with Crippen molar-refractivity contribution in [1.29, 1.82) is 5.26 Å². The highest BCUT2D eigenvalue weighted by Crippen LogP contribution is 2.39. The average Bonchev–Trinajstić information content (AvgIpc) is 2.90. The van der Waals surface area contributed by atoms with E-state index in [9.17, 15) is 10.1 Å². The Morgan fingerprint density at radius 1 is 1.36 bits per heavy atom. The summed E-state index contributed by atoms with van der Waals surface area (Å²) in [7, 11) is 0. The second kappa shape index (κ2) is 7.28. The molecule has 1 aromatic carbocycles. The van der Waals surface area contributed by atoms with Gasteiger partial charge in [-0.2, -0.15) is 5.26 Å². The van der Waals surface area contributed by atoms with E-state index in [2.05, 4.69) is 18.3 Å². The minimum absolute atomic E-state index is 0.0951. The molecule has 1 atom stereocenters. The lowest BCUT2D eigenvalue weighted by Crippen LogP contribution is -2.12. The largest absolute Gasteiger partial charge is 0.491 e. The number of hydrogen-bond acceptors (Lipinski definition) is 4. The van der Waals surface area contributed by atoms with Crippen molar-refractivity contribution < 1.29 is 9.53 Å². The van der Waals surface area contributed by atoms with Crippen LogP contribution in [0.4, 0.5) is 5.00 Å². The molecule has 1 heterocycles. The number of hydrogen-bond donors (Lipinski definition) is 1. The number of amides is 1. The third-order valence-corrected chi connectivity index (χ3v) is 5.51. The number of rotatable bonds is 4. The van der Waals surface area contributed by atoms with Gasteiger partial charge in [-0.1, -0.05) is 6.92 Å². The predicted octanol–water partition coefficient (Wildman–Crippen LogP) is 4.78. The molecular formula is C20H22N2O2S. The normalized spacial score (nSPS) is 16.2. The first kappa shape index (κ1) is 17.5. The summed E-state index contributed by atoms with van der Waals surface area (Å²) in [6.45, 7) is 6.15. The number of carbonyl (C=O) groups excluding carboxylic acids is 1. The van der Waals surface area contributed by atoms with Gasteiger partial charge in [0.25, 0.3) is 5.91 Å². The molecule has 1 aliphatic carbocycles. The van der Waals surface area contributed by atoms with Crippen molar-refractivity contribution in [2.24, 2.45) is 5.92 Å². The second-order valence-corrected chi connectivity index (χ2v) is 7.92. The van der Waals surface area contributed by atoms with Crippen LogP contribution in [0.5, 0.6) is 5.75 Å². The summed E-state index contributed by atoms with van der Waals surface area (Å²) in [5, 5.41) is 13.1.